The smallest absolute Gasteiger partial charge is 0.180 e. The van der Waals surface area contributed by atoms with Gasteiger partial charge in [-0.25, -0.2) is 9.97 Å². The molecule has 90 valence electrons. The molecule has 1 fully saturated rings. The summed E-state index contributed by atoms with van der Waals surface area (Å²) in [6.45, 7) is 0. The maximum atomic E-state index is 5.65. The van der Waals surface area contributed by atoms with Crippen molar-refractivity contribution in [3.05, 3.63) is 22.1 Å². The van der Waals surface area contributed by atoms with Gasteiger partial charge < -0.3 is 16.8 Å². The standard InChI is InChI=1S/C10H13N5S2/c11-9-14-7(3-16-9)5-1-2-6(13-5)8-4-17-10(12)15-8/h3-6,13H,1-2H2,(H2,11,14)(H2,12,15). The van der Waals surface area contributed by atoms with Crippen LogP contribution in [-0.2, 0) is 0 Å². The molecule has 0 aromatic carbocycles. The van der Waals surface area contributed by atoms with Gasteiger partial charge in [0.1, 0.15) is 0 Å². The molecule has 1 aliphatic rings. The number of hydrogen-bond acceptors (Lipinski definition) is 7. The van der Waals surface area contributed by atoms with Crippen LogP contribution in [0.15, 0.2) is 10.8 Å². The molecule has 1 saturated heterocycles. The lowest BCUT2D eigenvalue weighted by molar-refractivity contribution is 0.559. The molecule has 17 heavy (non-hydrogen) atoms. The molecule has 3 heterocycles. The van der Waals surface area contributed by atoms with E-state index in [4.69, 9.17) is 11.5 Å². The van der Waals surface area contributed by atoms with Crippen molar-refractivity contribution in [2.45, 2.75) is 24.9 Å². The third-order valence-corrected chi connectivity index (χ3v) is 4.32. The molecule has 7 heteroatoms. The molecule has 0 aliphatic carbocycles. The molecule has 1 aliphatic heterocycles. The Balaban J connectivity index is 1.73. The van der Waals surface area contributed by atoms with E-state index in [1.807, 2.05) is 10.8 Å². The average Bonchev–Trinajstić information content (AvgIpc) is 2.96. The van der Waals surface area contributed by atoms with Crippen LogP contribution < -0.4 is 16.8 Å². The van der Waals surface area contributed by atoms with Gasteiger partial charge in [0.25, 0.3) is 0 Å². The van der Waals surface area contributed by atoms with E-state index in [1.54, 1.807) is 0 Å². The maximum Gasteiger partial charge on any atom is 0.180 e. The number of hydrogen-bond donors (Lipinski definition) is 3. The number of nitrogens with two attached hydrogens (primary N) is 2. The molecule has 0 amide bonds. The number of nitrogens with zero attached hydrogens (tertiary/aromatic N) is 2. The third kappa shape index (κ3) is 2.13. The molecular weight excluding hydrogens is 254 g/mol. The molecule has 0 spiro atoms. The van der Waals surface area contributed by atoms with Gasteiger partial charge in [-0.3, -0.25) is 0 Å². The van der Waals surface area contributed by atoms with Gasteiger partial charge in [-0.2, -0.15) is 0 Å². The van der Waals surface area contributed by atoms with Crippen molar-refractivity contribution in [3.8, 4) is 0 Å². The van der Waals surface area contributed by atoms with Crippen molar-refractivity contribution in [1.82, 2.24) is 15.3 Å². The highest BCUT2D eigenvalue weighted by molar-refractivity contribution is 7.13. The Morgan fingerprint density at radius 3 is 1.82 bits per heavy atom. The number of nitrogens with one attached hydrogen (secondary N) is 1. The first-order chi connectivity index (χ1) is 8.22. The van der Waals surface area contributed by atoms with Crippen LogP contribution in [0, 0.1) is 0 Å². The summed E-state index contributed by atoms with van der Waals surface area (Å²) < 4.78 is 0. The van der Waals surface area contributed by atoms with E-state index in [0.29, 0.717) is 10.3 Å². The SMILES string of the molecule is Nc1nc(C2CCC(c3csc(N)n3)N2)cs1. The van der Waals surface area contributed by atoms with E-state index in [-0.39, 0.29) is 12.1 Å². The van der Waals surface area contributed by atoms with Gasteiger partial charge in [0, 0.05) is 10.8 Å². The van der Waals surface area contributed by atoms with Crippen LogP contribution in [0.3, 0.4) is 0 Å². The zero-order valence-corrected chi connectivity index (χ0v) is 10.7. The lowest BCUT2D eigenvalue weighted by Gasteiger charge is -2.10. The van der Waals surface area contributed by atoms with E-state index in [2.05, 4.69) is 15.3 Å². The lowest BCUT2D eigenvalue weighted by Crippen LogP contribution is -2.18. The van der Waals surface area contributed by atoms with Crippen molar-refractivity contribution >= 4 is 32.9 Å². The van der Waals surface area contributed by atoms with E-state index in [9.17, 15) is 0 Å². The van der Waals surface area contributed by atoms with Crippen molar-refractivity contribution in [2.24, 2.45) is 0 Å². The average molecular weight is 267 g/mol. The summed E-state index contributed by atoms with van der Waals surface area (Å²) in [5.74, 6) is 0. The number of rotatable bonds is 2. The summed E-state index contributed by atoms with van der Waals surface area (Å²) >= 11 is 2.97. The first-order valence-corrected chi connectivity index (χ1v) is 7.16. The van der Waals surface area contributed by atoms with Crippen molar-refractivity contribution in [2.75, 3.05) is 11.5 Å². The fourth-order valence-electron chi connectivity index (χ4n) is 2.13. The second-order valence-corrected chi connectivity index (χ2v) is 5.85. The van der Waals surface area contributed by atoms with Gasteiger partial charge >= 0.3 is 0 Å². The molecule has 2 atom stereocenters. The Morgan fingerprint density at radius 1 is 1.00 bits per heavy atom. The van der Waals surface area contributed by atoms with Crippen molar-refractivity contribution < 1.29 is 0 Å². The first-order valence-electron chi connectivity index (χ1n) is 5.40. The number of nitrogen functional groups attached to an aromatic ring is 2. The molecule has 3 rings (SSSR count). The third-order valence-electron chi connectivity index (χ3n) is 2.94. The molecule has 0 saturated carbocycles. The second kappa shape index (κ2) is 4.25. The minimum atomic E-state index is 0.288. The van der Waals surface area contributed by atoms with E-state index >= 15 is 0 Å². The van der Waals surface area contributed by atoms with Crippen LogP contribution in [-0.4, -0.2) is 9.97 Å². The maximum absolute atomic E-state index is 5.65. The molecule has 5 nitrogen and oxygen atoms in total. The summed E-state index contributed by atoms with van der Waals surface area (Å²) in [4.78, 5) is 8.63. The van der Waals surface area contributed by atoms with Gasteiger partial charge in [-0.05, 0) is 12.8 Å². The van der Waals surface area contributed by atoms with Crippen molar-refractivity contribution in [3.63, 3.8) is 0 Å². The molecular formula is C10H13N5S2. The Morgan fingerprint density at radius 2 is 1.47 bits per heavy atom. The predicted molar refractivity (Wildman–Crippen MR) is 70.9 cm³/mol. The first kappa shape index (κ1) is 10.9. The monoisotopic (exact) mass is 267 g/mol. The van der Waals surface area contributed by atoms with Crippen molar-refractivity contribution in [1.29, 1.82) is 0 Å². The number of thiazole rings is 2. The van der Waals surface area contributed by atoms with Gasteiger partial charge in [0.2, 0.25) is 0 Å². The normalized spacial score (nSPS) is 24.2. The van der Waals surface area contributed by atoms with Crippen LogP contribution in [0.4, 0.5) is 10.3 Å². The largest absolute Gasteiger partial charge is 0.375 e. The summed E-state index contributed by atoms with van der Waals surface area (Å²) in [6, 6.07) is 0.577. The molecule has 0 radical (unpaired) electrons. The molecule has 2 aromatic heterocycles. The minimum absolute atomic E-state index is 0.288. The van der Waals surface area contributed by atoms with E-state index in [0.717, 1.165) is 24.2 Å². The van der Waals surface area contributed by atoms with Crippen LogP contribution in [0.1, 0.15) is 36.3 Å². The van der Waals surface area contributed by atoms with Gasteiger partial charge in [0.15, 0.2) is 10.3 Å². The minimum Gasteiger partial charge on any atom is -0.375 e. The zero-order valence-electron chi connectivity index (χ0n) is 9.09. The molecule has 2 unspecified atom stereocenters. The van der Waals surface area contributed by atoms with E-state index in [1.165, 1.54) is 22.7 Å². The fourth-order valence-corrected chi connectivity index (χ4v) is 3.36. The highest BCUT2D eigenvalue weighted by Gasteiger charge is 2.28. The van der Waals surface area contributed by atoms with Crippen LogP contribution in [0.25, 0.3) is 0 Å². The van der Waals surface area contributed by atoms with E-state index < -0.39 is 0 Å². The molecule has 0 bridgehead atoms. The second-order valence-electron chi connectivity index (χ2n) is 4.07. The van der Waals surface area contributed by atoms with Gasteiger partial charge in [-0.15, -0.1) is 22.7 Å². The predicted octanol–water partition coefficient (Wildman–Crippen LogP) is 1.93. The Kier molecular flexibility index (Phi) is 2.73. The molecule has 5 N–H and O–H groups in total. The molecule has 2 aromatic rings. The number of anilines is 2. The topological polar surface area (TPSA) is 89.8 Å². The van der Waals surface area contributed by atoms with Crippen LogP contribution in [0.2, 0.25) is 0 Å². The quantitative estimate of drug-likeness (QED) is 0.773. The highest BCUT2D eigenvalue weighted by Crippen LogP contribution is 2.35. The summed E-state index contributed by atoms with van der Waals surface area (Å²) in [7, 11) is 0. The lowest BCUT2D eigenvalue weighted by atomic mass is 10.1. The summed E-state index contributed by atoms with van der Waals surface area (Å²) in [6.07, 6.45) is 2.12. The van der Waals surface area contributed by atoms with Crippen LogP contribution >= 0.6 is 22.7 Å². The Hall–Kier alpha value is -1.18. The van der Waals surface area contributed by atoms with Crippen LogP contribution in [0.5, 0.6) is 0 Å². The summed E-state index contributed by atoms with van der Waals surface area (Å²) in [5.41, 5.74) is 13.4. The zero-order chi connectivity index (χ0) is 11.8. The Labute approximate surface area is 107 Å². The highest BCUT2D eigenvalue weighted by atomic mass is 32.1. The van der Waals surface area contributed by atoms with Gasteiger partial charge in [0.05, 0.1) is 23.5 Å². The number of aromatic nitrogens is 2. The Bertz CT molecular complexity index is 474. The summed E-state index contributed by atoms with van der Waals surface area (Å²) in [5, 5.41) is 8.82. The van der Waals surface area contributed by atoms with Gasteiger partial charge in [-0.1, -0.05) is 0 Å². The fraction of sp³-hybridized carbons (Fsp3) is 0.400.